The first-order valence-electron chi connectivity index (χ1n) is 7.25. The number of carbonyl (C=O) groups excluding carboxylic acids is 2. The van der Waals surface area contributed by atoms with Gasteiger partial charge in [0.15, 0.2) is 0 Å². The van der Waals surface area contributed by atoms with Crippen LogP contribution in [0.4, 0.5) is 4.79 Å². The third kappa shape index (κ3) is 4.61. The Morgan fingerprint density at radius 1 is 1.14 bits per heavy atom. The van der Waals surface area contributed by atoms with Crippen molar-refractivity contribution in [2.24, 2.45) is 16.6 Å². The summed E-state index contributed by atoms with van der Waals surface area (Å²) >= 11 is 0. The number of urea groups is 1. The zero-order valence-corrected chi connectivity index (χ0v) is 12.7. The Morgan fingerprint density at radius 2 is 1.71 bits per heavy atom. The number of hydrogen-bond donors (Lipinski definition) is 4. The Morgan fingerprint density at radius 3 is 2.19 bits per heavy atom. The Labute approximate surface area is 124 Å². The second-order valence-corrected chi connectivity index (χ2v) is 6.43. The number of amides is 3. The average Bonchev–Trinajstić information content (AvgIpc) is 2.43. The van der Waals surface area contributed by atoms with Gasteiger partial charge in [-0.3, -0.25) is 9.59 Å². The first-order chi connectivity index (χ1) is 9.69. The number of aliphatic carboxylic acids is 1. The van der Waals surface area contributed by atoms with E-state index in [9.17, 15) is 19.5 Å². The quantitative estimate of drug-likeness (QED) is 0.580. The van der Waals surface area contributed by atoms with Crippen LogP contribution in [-0.4, -0.2) is 36.1 Å². The molecule has 0 saturated heterocycles. The van der Waals surface area contributed by atoms with Crippen LogP contribution in [0.25, 0.3) is 0 Å². The summed E-state index contributed by atoms with van der Waals surface area (Å²) in [6.07, 6.45) is 3.92. The topological polar surface area (TPSA) is 122 Å². The third-order valence-electron chi connectivity index (χ3n) is 4.21. The lowest BCUT2D eigenvalue weighted by Crippen LogP contribution is -2.50. The number of primary amides is 1. The molecule has 120 valence electrons. The molecule has 0 aromatic heterocycles. The van der Waals surface area contributed by atoms with Gasteiger partial charge < -0.3 is 21.5 Å². The van der Waals surface area contributed by atoms with Crippen LogP contribution >= 0.6 is 0 Å². The van der Waals surface area contributed by atoms with E-state index in [4.69, 9.17) is 5.73 Å². The molecule has 1 rings (SSSR count). The zero-order chi connectivity index (χ0) is 16.1. The normalized spacial score (nSPS) is 17.8. The van der Waals surface area contributed by atoms with Gasteiger partial charge in [-0.25, -0.2) is 4.79 Å². The summed E-state index contributed by atoms with van der Waals surface area (Å²) in [6.45, 7) is 3.48. The molecule has 0 aliphatic heterocycles. The summed E-state index contributed by atoms with van der Waals surface area (Å²) in [6, 6.07) is -0.476. The van der Waals surface area contributed by atoms with Gasteiger partial charge in [0.05, 0.1) is 10.8 Å². The van der Waals surface area contributed by atoms with Crippen molar-refractivity contribution in [3.8, 4) is 0 Å². The van der Waals surface area contributed by atoms with E-state index in [1.54, 1.807) is 13.8 Å². The maximum absolute atomic E-state index is 11.8. The molecule has 0 spiro atoms. The molecule has 1 saturated carbocycles. The number of carbonyl (C=O) groups is 3. The first-order valence-corrected chi connectivity index (χ1v) is 7.25. The van der Waals surface area contributed by atoms with Crippen LogP contribution in [0, 0.1) is 10.8 Å². The van der Waals surface area contributed by atoms with Gasteiger partial charge in [-0.1, -0.05) is 19.3 Å². The molecule has 0 unspecified atom stereocenters. The van der Waals surface area contributed by atoms with Crippen LogP contribution in [0.15, 0.2) is 0 Å². The van der Waals surface area contributed by atoms with Gasteiger partial charge in [-0.05, 0) is 26.7 Å². The molecule has 5 N–H and O–H groups in total. The van der Waals surface area contributed by atoms with Crippen molar-refractivity contribution >= 4 is 17.9 Å². The molecule has 0 radical (unpaired) electrons. The molecular formula is C14H25N3O4. The van der Waals surface area contributed by atoms with E-state index in [0.29, 0.717) is 12.8 Å². The highest BCUT2D eigenvalue weighted by molar-refractivity contribution is 5.82. The largest absolute Gasteiger partial charge is 0.481 e. The first kappa shape index (κ1) is 17.3. The number of carboxylic acids is 1. The van der Waals surface area contributed by atoms with Crippen molar-refractivity contribution < 1.29 is 19.5 Å². The summed E-state index contributed by atoms with van der Waals surface area (Å²) in [4.78, 5) is 34.4. The minimum Gasteiger partial charge on any atom is -0.481 e. The van der Waals surface area contributed by atoms with Crippen LogP contribution in [-0.2, 0) is 9.59 Å². The second-order valence-electron chi connectivity index (χ2n) is 6.43. The minimum absolute atomic E-state index is 0.102. The van der Waals surface area contributed by atoms with Crippen LogP contribution in [0.2, 0.25) is 0 Å². The number of rotatable bonds is 6. The van der Waals surface area contributed by atoms with Gasteiger partial charge in [0.1, 0.15) is 0 Å². The van der Waals surface area contributed by atoms with Crippen molar-refractivity contribution in [2.75, 3.05) is 13.1 Å². The molecule has 1 aliphatic rings. The fourth-order valence-electron chi connectivity index (χ4n) is 2.40. The van der Waals surface area contributed by atoms with Crippen molar-refractivity contribution in [2.45, 2.75) is 46.0 Å². The third-order valence-corrected chi connectivity index (χ3v) is 4.21. The lowest BCUT2D eigenvalue weighted by molar-refractivity contribution is -0.150. The Balaban J connectivity index is 2.48. The molecule has 0 aromatic carbocycles. The summed E-state index contributed by atoms with van der Waals surface area (Å²) in [7, 11) is 0. The van der Waals surface area contributed by atoms with E-state index in [2.05, 4.69) is 10.6 Å². The van der Waals surface area contributed by atoms with Gasteiger partial charge in [0.2, 0.25) is 5.91 Å². The van der Waals surface area contributed by atoms with Crippen LogP contribution in [0.3, 0.4) is 0 Å². The van der Waals surface area contributed by atoms with Crippen molar-refractivity contribution in [1.29, 1.82) is 0 Å². The molecule has 7 heteroatoms. The highest BCUT2D eigenvalue weighted by Gasteiger charge is 2.39. The van der Waals surface area contributed by atoms with Crippen LogP contribution in [0.1, 0.15) is 46.0 Å². The van der Waals surface area contributed by atoms with E-state index >= 15 is 0 Å². The Hall–Kier alpha value is -1.79. The van der Waals surface area contributed by atoms with E-state index in [0.717, 1.165) is 19.3 Å². The van der Waals surface area contributed by atoms with Gasteiger partial charge in [-0.15, -0.1) is 0 Å². The fourth-order valence-corrected chi connectivity index (χ4v) is 2.40. The summed E-state index contributed by atoms with van der Waals surface area (Å²) in [5.74, 6) is -1.36. The molecule has 0 heterocycles. The fraction of sp³-hybridized carbons (Fsp3) is 0.786. The van der Waals surface area contributed by atoms with Gasteiger partial charge in [0.25, 0.3) is 0 Å². The highest BCUT2D eigenvalue weighted by Crippen LogP contribution is 2.35. The summed E-state index contributed by atoms with van der Waals surface area (Å²) in [5.41, 5.74) is 3.51. The molecule has 0 atom stereocenters. The summed E-state index contributed by atoms with van der Waals surface area (Å²) < 4.78 is 0. The lowest BCUT2D eigenvalue weighted by Gasteiger charge is -2.33. The van der Waals surface area contributed by atoms with Crippen molar-refractivity contribution in [3.05, 3.63) is 0 Å². The molecule has 3 amide bonds. The van der Waals surface area contributed by atoms with E-state index in [1.165, 1.54) is 0 Å². The molecule has 0 bridgehead atoms. The lowest BCUT2D eigenvalue weighted by atomic mass is 9.74. The van der Waals surface area contributed by atoms with E-state index in [-0.39, 0.29) is 13.1 Å². The molecule has 0 aromatic rings. The van der Waals surface area contributed by atoms with Gasteiger partial charge in [0, 0.05) is 13.1 Å². The summed E-state index contributed by atoms with van der Waals surface area (Å²) in [5, 5.41) is 14.6. The second kappa shape index (κ2) is 6.78. The monoisotopic (exact) mass is 299 g/mol. The Bertz CT molecular complexity index is 414. The standard InChI is InChI=1S/C14H25N3O4/c1-13(2,10(15)18)8-16-12(21)17-9-14(11(19)20)6-4-3-5-7-14/h3-9H2,1-2H3,(H2,15,18)(H,19,20)(H2,16,17,21). The van der Waals surface area contributed by atoms with Crippen molar-refractivity contribution in [3.63, 3.8) is 0 Å². The maximum Gasteiger partial charge on any atom is 0.314 e. The highest BCUT2D eigenvalue weighted by atomic mass is 16.4. The maximum atomic E-state index is 11.8. The molecule has 1 aliphatic carbocycles. The van der Waals surface area contributed by atoms with Crippen LogP contribution in [0.5, 0.6) is 0 Å². The molecular weight excluding hydrogens is 274 g/mol. The molecule has 21 heavy (non-hydrogen) atoms. The van der Waals surface area contributed by atoms with E-state index < -0.39 is 28.7 Å². The minimum atomic E-state index is -0.866. The van der Waals surface area contributed by atoms with Crippen molar-refractivity contribution in [1.82, 2.24) is 10.6 Å². The zero-order valence-electron chi connectivity index (χ0n) is 12.7. The van der Waals surface area contributed by atoms with E-state index in [1.807, 2.05) is 0 Å². The number of hydrogen-bond acceptors (Lipinski definition) is 3. The Kier molecular flexibility index (Phi) is 5.57. The number of nitrogens with one attached hydrogen (secondary N) is 2. The average molecular weight is 299 g/mol. The smallest absolute Gasteiger partial charge is 0.314 e. The molecule has 7 nitrogen and oxygen atoms in total. The SMILES string of the molecule is CC(C)(CNC(=O)NCC1(C(=O)O)CCCCC1)C(N)=O. The predicted molar refractivity (Wildman–Crippen MR) is 77.5 cm³/mol. The number of nitrogens with two attached hydrogens (primary N) is 1. The number of carboxylic acid groups (broad SMARTS) is 1. The van der Waals surface area contributed by atoms with Gasteiger partial charge >= 0.3 is 12.0 Å². The predicted octanol–water partition coefficient (Wildman–Crippen LogP) is 0.832. The van der Waals surface area contributed by atoms with Gasteiger partial charge in [-0.2, -0.15) is 0 Å². The van der Waals surface area contributed by atoms with Crippen LogP contribution < -0.4 is 16.4 Å². The molecule has 1 fully saturated rings.